The van der Waals surface area contributed by atoms with E-state index in [1.54, 1.807) is 0 Å². The fraction of sp³-hybridized carbons (Fsp3) is 0.471. The number of hydrogen-bond donors (Lipinski definition) is 2. The summed E-state index contributed by atoms with van der Waals surface area (Å²) < 4.78 is 45.6. The second-order valence-corrected chi connectivity index (χ2v) is 7.73. The first kappa shape index (κ1) is 20.5. The van der Waals surface area contributed by atoms with Crippen LogP contribution in [0.25, 0.3) is 0 Å². The van der Waals surface area contributed by atoms with Crippen LogP contribution in [0.5, 0.6) is 0 Å². The Morgan fingerprint density at radius 1 is 1.42 bits per heavy atom. The van der Waals surface area contributed by atoms with Gasteiger partial charge in [-0.2, -0.15) is 0 Å². The van der Waals surface area contributed by atoms with Crippen molar-refractivity contribution in [3.63, 3.8) is 0 Å². The number of halogens is 1. The molecule has 1 aromatic rings. The number of hydrogen-bond acceptors (Lipinski definition) is 5. The van der Waals surface area contributed by atoms with Crippen molar-refractivity contribution in [1.29, 1.82) is 0 Å². The number of benzene rings is 1. The normalized spacial score (nSPS) is 16.8. The summed E-state index contributed by atoms with van der Waals surface area (Å²) in [6.45, 7) is 8.68. The third kappa shape index (κ3) is 5.34. The van der Waals surface area contributed by atoms with Crippen LogP contribution in [0.1, 0.15) is 17.3 Å². The minimum atomic E-state index is -4.06. The van der Waals surface area contributed by atoms with Crippen molar-refractivity contribution >= 4 is 15.9 Å². The number of carbonyl (C=O) groups is 1. The standard InChI is InChI=1S/C17H24FN3O4S/c1-3-6-20-26(23,24)16-11-14(4-5-15(16)18)17(22)19-12-13(2)21-7-9-25-10-8-21/h3-5,11,13,20H,1,6-10,12H2,2H3,(H,19,22). The summed E-state index contributed by atoms with van der Waals surface area (Å²) in [5.41, 5.74) is 0.0829. The lowest BCUT2D eigenvalue weighted by Crippen LogP contribution is -2.47. The maximum atomic E-state index is 13.9. The van der Waals surface area contributed by atoms with E-state index in [9.17, 15) is 17.6 Å². The molecule has 2 rings (SSSR count). The van der Waals surface area contributed by atoms with Crippen LogP contribution < -0.4 is 10.0 Å². The molecule has 1 heterocycles. The molecule has 1 fully saturated rings. The Balaban J connectivity index is 2.04. The van der Waals surface area contributed by atoms with Crippen LogP contribution in [0.15, 0.2) is 35.7 Å². The van der Waals surface area contributed by atoms with E-state index in [2.05, 4.69) is 21.5 Å². The van der Waals surface area contributed by atoms with E-state index in [4.69, 9.17) is 4.74 Å². The summed E-state index contributed by atoms with van der Waals surface area (Å²) in [4.78, 5) is 14.0. The van der Waals surface area contributed by atoms with Crippen LogP contribution in [0.2, 0.25) is 0 Å². The van der Waals surface area contributed by atoms with Crippen LogP contribution in [-0.4, -0.2) is 64.7 Å². The van der Waals surface area contributed by atoms with Gasteiger partial charge in [-0.3, -0.25) is 9.69 Å². The van der Waals surface area contributed by atoms with E-state index in [1.165, 1.54) is 12.1 Å². The van der Waals surface area contributed by atoms with Gasteiger partial charge < -0.3 is 10.1 Å². The number of rotatable bonds is 8. The lowest BCUT2D eigenvalue weighted by Gasteiger charge is -2.32. The number of sulfonamides is 1. The highest BCUT2D eigenvalue weighted by molar-refractivity contribution is 7.89. The molecule has 1 aliphatic rings. The zero-order valence-electron chi connectivity index (χ0n) is 14.7. The molecule has 1 aromatic carbocycles. The predicted molar refractivity (Wildman–Crippen MR) is 96.0 cm³/mol. The fourth-order valence-electron chi connectivity index (χ4n) is 2.59. The molecule has 0 spiro atoms. The number of nitrogens with one attached hydrogen (secondary N) is 2. The lowest BCUT2D eigenvalue weighted by molar-refractivity contribution is 0.0204. The zero-order chi connectivity index (χ0) is 19.2. The second kappa shape index (κ2) is 9.22. The van der Waals surface area contributed by atoms with Crippen molar-refractivity contribution in [1.82, 2.24) is 14.9 Å². The average molecular weight is 385 g/mol. The van der Waals surface area contributed by atoms with Crippen molar-refractivity contribution in [2.24, 2.45) is 0 Å². The molecular formula is C17H24FN3O4S. The van der Waals surface area contributed by atoms with Gasteiger partial charge in [-0.15, -0.1) is 6.58 Å². The number of nitrogens with zero attached hydrogens (tertiary/aromatic N) is 1. The van der Waals surface area contributed by atoms with E-state index in [1.807, 2.05) is 6.92 Å². The van der Waals surface area contributed by atoms with Crippen LogP contribution in [0.4, 0.5) is 4.39 Å². The Bertz CT molecular complexity index is 748. The largest absolute Gasteiger partial charge is 0.379 e. The fourth-order valence-corrected chi connectivity index (χ4v) is 3.69. The van der Waals surface area contributed by atoms with E-state index in [-0.39, 0.29) is 18.2 Å². The molecule has 144 valence electrons. The highest BCUT2D eigenvalue weighted by atomic mass is 32.2. The SMILES string of the molecule is C=CCNS(=O)(=O)c1cc(C(=O)NCC(C)N2CCOCC2)ccc1F. The topological polar surface area (TPSA) is 87.7 Å². The third-order valence-electron chi connectivity index (χ3n) is 4.13. The lowest BCUT2D eigenvalue weighted by atomic mass is 10.2. The molecule has 1 unspecified atom stereocenters. The number of morpholine rings is 1. The van der Waals surface area contributed by atoms with Gasteiger partial charge in [-0.05, 0) is 25.1 Å². The van der Waals surface area contributed by atoms with Crippen molar-refractivity contribution < 1.29 is 22.3 Å². The van der Waals surface area contributed by atoms with Gasteiger partial charge in [0, 0.05) is 37.8 Å². The highest BCUT2D eigenvalue weighted by Crippen LogP contribution is 2.16. The van der Waals surface area contributed by atoms with Gasteiger partial charge >= 0.3 is 0 Å². The van der Waals surface area contributed by atoms with E-state index in [0.29, 0.717) is 19.8 Å². The van der Waals surface area contributed by atoms with Crippen LogP contribution in [-0.2, 0) is 14.8 Å². The summed E-state index contributed by atoms with van der Waals surface area (Å²) in [6.07, 6.45) is 1.35. The first-order valence-corrected chi connectivity index (χ1v) is 9.83. The average Bonchev–Trinajstić information content (AvgIpc) is 2.65. The molecule has 1 atom stereocenters. The Morgan fingerprint density at radius 3 is 2.77 bits per heavy atom. The van der Waals surface area contributed by atoms with Crippen molar-refractivity contribution in [3.8, 4) is 0 Å². The van der Waals surface area contributed by atoms with Gasteiger partial charge in [0.2, 0.25) is 10.0 Å². The quantitative estimate of drug-likeness (QED) is 0.645. The van der Waals surface area contributed by atoms with Crippen molar-refractivity contribution in [2.75, 3.05) is 39.4 Å². The second-order valence-electron chi connectivity index (χ2n) is 5.99. The van der Waals surface area contributed by atoms with E-state index < -0.39 is 26.6 Å². The Kier molecular flexibility index (Phi) is 7.27. The van der Waals surface area contributed by atoms with Crippen LogP contribution >= 0.6 is 0 Å². The summed E-state index contributed by atoms with van der Waals surface area (Å²) in [5, 5.41) is 2.76. The first-order chi connectivity index (χ1) is 12.3. The Morgan fingerprint density at radius 2 is 2.12 bits per heavy atom. The molecule has 1 aliphatic heterocycles. The third-order valence-corrected chi connectivity index (χ3v) is 5.57. The smallest absolute Gasteiger partial charge is 0.251 e. The molecule has 1 amide bonds. The Labute approximate surface area is 153 Å². The summed E-state index contributed by atoms with van der Waals surface area (Å²) in [7, 11) is -4.06. The summed E-state index contributed by atoms with van der Waals surface area (Å²) >= 11 is 0. The highest BCUT2D eigenvalue weighted by Gasteiger charge is 2.21. The summed E-state index contributed by atoms with van der Waals surface area (Å²) in [5.74, 6) is -1.37. The maximum Gasteiger partial charge on any atom is 0.251 e. The van der Waals surface area contributed by atoms with Gasteiger partial charge in [0.05, 0.1) is 13.2 Å². The molecule has 0 aromatic heterocycles. The van der Waals surface area contributed by atoms with Gasteiger partial charge in [0.15, 0.2) is 0 Å². The molecule has 0 bridgehead atoms. The minimum absolute atomic E-state index is 0.0325. The minimum Gasteiger partial charge on any atom is -0.379 e. The van der Waals surface area contributed by atoms with Gasteiger partial charge in [0.1, 0.15) is 10.7 Å². The molecule has 26 heavy (non-hydrogen) atoms. The number of ether oxygens (including phenoxy) is 1. The molecule has 0 radical (unpaired) electrons. The molecule has 0 saturated carbocycles. The number of amides is 1. The molecule has 9 heteroatoms. The Hall–Kier alpha value is -1.81. The van der Waals surface area contributed by atoms with Crippen molar-refractivity contribution in [3.05, 3.63) is 42.2 Å². The van der Waals surface area contributed by atoms with Crippen LogP contribution in [0.3, 0.4) is 0 Å². The van der Waals surface area contributed by atoms with E-state index in [0.717, 1.165) is 25.2 Å². The molecule has 1 saturated heterocycles. The van der Waals surface area contributed by atoms with Gasteiger partial charge in [0.25, 0.3) is 5.91 Å². The van der Waals surface area contributed by atoms with Gasteiger partial charge in [-0.25, -0.2) is 17.5 Å². The maximum absolute atomic E-state index is 13.9. The van der Waals surface area contributed by atoms with Crippen molar-refractivity contribution in [2.45, 2.75) is 17.9 Å². The predicted octanol–water partition coefficient (Wildman–Crippen LogP) is 0.741. The van der Waals surface area contributed by atoms with Gasteiger partial charge in [-0.1, -0.05) is 6.08 Å². The molecule has 2 N–H and O–H groups in total. The van der Waals surface area contributed by atoms with Crippen LogP contribution in [0, 0.1) is 5.82 Å². The number of carbonyl (C=O) groups excluding carboxylic acids is 1. The molecular weight excluding hydrogens is 361 g/mol. The first-order valence-electron chi connectivity index (χ1n) is 8.35. The molecule has 7 nitrogen and oxygen atoms in total. The summed E-state index contributed by atoms with van der Waals surface area (Å²) in [6, 6.07) is 3.38. The zero-order valence-corrected chi connectivity index (χ0v) is 15.5. The van der Waals surface area contributed by atoms with E-state index >= 15 is 0 Å². The molecule has 0 aliphatic carbocycles. The monoisotopic (exact) mass is 385 g/mol.